The Morgan fingerprint density at radius 3 is 2.90 bits per heavy atom. The number of hydrogen-bond acceptors (Lipinski definition) is 5. The van der Waals surface area contributed by atoms with Crippen LogP contribution in [-0.2, 0) is 12.2 Å². The van der Waals surface area contributed by atoms with Crippen molar-refractivity contribution in [1.29, 1.82) is 0 Å². The molecule has 1 aliphatic rings. The third kappa shape index (κ3) is 3.47. The fourth-order valence-corrected chi connectivity index (χ4v) is 3.58. The Bertz CT molecular complexity index is 602. The summed E-state index contributed by atoms with van der Waals surface area (Å²) in [5.74, 6) is 2.24. The molecule has 2 aromatic rings. The first kappa shape index (κ1) is 14.6. The molecule has 112 valence electrons. The Morgan fingerprint density at radius 1 is 1.38 bits per heavy atom. The van der Waals surface area contributed by atoms with Gasteiger partial charge in [-0.25, -0.2) is 0 Å². The Hall–Kier alpha value is -1.33. The zero-order valence-electron chi connectivity index (χ0n) is 12.3. The lowest BCUT2D eigenvalue weighted by Gasteiger charge is -2.39. The number of nitrogens with zero attached hydrogens (tertiary/aromatic N) is 2. The summed E-state index contributed by atoms with van der Waals surface area (Å²) in [4.78, 5) is 5.74. The van der Waals surface area contributed by atoms with E-state index < -0.39 is 0 Å². The van der Waals surface area contributed by atoms with Crippen molar-refractivity contribution in [2.24, 2.45) is 11.1 Å². The minimum Gasteiger partial charge on any atom is -0.339 e. The Kier molecular flexibility index (Phi) is 4.31. The van der Waals surface area contributed by atoms with Gasteiger partial charge in [0.05, 0.1) is 5.75 Å². The lowest BCUT2D eigenvalue weighted by atomic mass is 9.67. The van der Waals surface area contributed by atoms with E-state index >= 15 is 0 Å². The molecule has 0 radical (unpaired) electrons. The normalized spacial score (nSPS) is 16.7. The van der Waals surface area contributed by atoms with Crippen LogP contribution in [0.3, 0.4) is 0 Å². The first-order chi connectivity index (χ1) is 10.2. The summed E-state index contributed by atoms with van der Waals surface area (Å²) < 4.78 is 5.38. The quantitative estimate of drug-likeness (QED) is 0.829. The standard InChI is InChI=1S/C16H21N3OS/c1-12-4-2-5-13(8-12)21-10-14-18-15(20-19-14)9-16(11-17)6-3-7-16/h2,4-5,8H,3,6-7,9-11,17H2,1H3. The third-order valence-corrected chi connectivity index (χ3v) is 5.23. The van der Waals surface area contributed by atoms with Gasteiger partial charge in [0, 0.05) is 11.3 Å². The molecule has 0 atom stereocenters. The summed E-state index contributed by atoms with van der Waals surface area (Å²) in [5.41, 5.74) is 7.36. The number of aromatic nitrogens is 2. The van der Waals surface area contributed by atoms with E-state index in [1.54, 1.807) is 11.8 Å². The van der Waals surface area contributed by atoms with Gasteiger partial charge in [-0.15, -0.1) is 11.8 Å². The van der Waals surface area contributed by atoms with Crippen LogP contribution in [0.1, 0.15) is 36.5 Å². The van der Waals surface area contributed by atoms with Crippen molar-refractivity contribution in [2.45, 2.75) is 43.3 Å². The van der Waals surface area contributed by atoms with Crippen LogP contribution in [0.5, 0.6) is 0 Å². The molecule has 1 heterocycles. The molecule has 0 unspecified atom stereocenters. The molecule has 1 aliphatic carbocycles. The molecule has 5 heteroatoms. The van der Waals surface area contributed by atoms with Crippen molar-refractivity contribution < 1.29 is 4.52 Å². The molecule has 1 aromatic carbocycles. The third-order valence-electron chi connectivity index (χ3n) is 4.24. The maximum atomic E-state index is 5.88. The van der Waals surface area contributed by atoms with Crippen molar-refractivity contribution in [3.63, 3.8) is 0 Å². The van der Waals surface area contributed by atoms with Crippen molar-refractivity contribution in [1.82, 2.24) is 10.1 Å². The van der Waals surface area contributed by atoms with Gasteiger partial charge in [0.25, 0.3) is 0 Å². The fourth-order valence-electron chi connectivity index (χ4n) is 2.72. The highest BCUT2D eigenvalue weighted by molar-refractivity contribution is 7.98. The second-order valence-corrected chi connectivity index (χ2v) is 6.99. The van der Waals surface area contributed by atoms with Gasteiger partial charge in [0.2, 0.25) is 5.89 Å². The lowest BCUT2D eigenvalue weighted by molar-refractivity contribution is 0.129. The van der Waals surface area contributed by atoms with Crippen molar-refractivity contribution in [3.05, 3.63) is 41.5 Å². The maximum Gasteiger partial charge on any atom is 0.227 e. The van der Waals surface area contributed by atoms with Gasteiger partial charge in [-0.2, -0.15) is 4.98 Å². The van der Waals surface area contributed by atoms with Crippen molar-refractivity contribution in [3.8, 4) is 0 Å². The van der Waals surface area contributed by atoms with E-state index in [0.717, 1.165) is 23.9 Å². The summed E-state index contributed by atoms with van der Waals surface area (Å²) in [6, 6.07) is 8.45. The van der Waals surface area contributed by atoms with Crippen LogP contribution in [-0.4, -0.2) is 16.7 Å². The molecule has 3 rings (SSSR count). The highest BCUT2D eigenvalue weighted by atomic mass is 32.2. The fraction of sp³-hybridized carbons (Fsp3) is 0.500. The number of nitrogens with two attached hydrogens (primary N) is 1. The smallest absolute Gasteiger partial charge is 0.227 e. The van der Waals surface area contributed by atoms with Gasteiger partial charge in [0.15, 0.2) is 5.82 Å². The minimum absolute atomic E-state index is 0.216. The first-order valence-corrected chi connectivity index (χ1v) is 8.39. The van der Waals surface area contributed by atoms with Crippen LogP contribution in [0.25, 0.3) is 0 Å². The molecule has 0 spiro atoms. The van der Waals surface area contributed by atoms with Gasteiger partial charge in [-0.3, -0.25) is 0 Å². The number of hydrogen-bond donors (Lipinski definition) is 1. The van der Waals surface area contributed by atoms with E-state index in [2.05, 4.69) is 41.3 Å². The monoisotopic (exact) mass is 303 g/mol. The highest BCUT2D eigenvalue weighted by Crippen LogP contribution is 2.42. The molecule has 1 fully saturated rings. The molecular formula is C16H21N3OS. The van der Waals surface area contributed by atoms with Crippen LogP contribution in [0, 0.1) is 12.3 Å². The van der Waals surface area contributed by atoms with E-state index in [4.69, 9.17) is 10.3 Å². The van der Waals surface area contributed by atoms with E-state index in [9.17, 15) is 0 Å². The minimum atomic E-state index is 0.216. The molecule has 0 bridgehead atoms. The van der Waals surface area contributed by atoms with Crippen LogP contribution in [0.15, 0.2) is 33.7 Å². The predicted octanol–water partition coefficient (Wildman–Crippen LogP) is 3.34. The van der Waals surface area contributed by atoms with Crippen LogP contribution < -0.4 is 5.73 Å². The zero-order chi connectivity index (χ0) is 14.7. The molecule has 0 saturated heterocycles. The molecule has 4 nitrogen and oxygen atoms in total. The Balaban J connectivity index is 1.58. The summed E-state index contributed by atoms with van der Waals surface area (Å²) in [6.07, 6.45) is 4.45. The maximum absolute atomic E-state index is 5.88. The first-order valence-electron chi connectivity index (χ1n) is 7.40. The number of benzene rings is 1. The second kappa shape index (κ2) is 6.20. The van der Waals surface area contributed by atoms with Gasteiger partial charge in [-0.1, -0.05) is 29.3 Å². The summed E-state index contributed by atoms with van der Waals surface area (Å²) >= 11 is 1.73. The molecule has 21 heavy (non-hydrogen) atoms. The van der Waals surface area contributed by atoms with Crippen LogP contribution in [0.4, 0.5) is 0 Å². The topological polar surface area (TPSA) is 64.9 Å². The summed E-state index contributed by atoms with van der Waals surface area (Å²) in [6.45, 7) is 2.81. The molecule has 1 aromatic heterocycles. The molecule has 1 saturated carbocycles. The highest BCUT2D eigenvalue weighted by Gasteiger charge is 2.37. The van der Waals surface area contributed by atoms with Gasteiger partial charge in [-0.05, 0) is 43.9 Å². The zero-order valence-corrected chi connectivity index (χ0v) is 13.2. The Labute approximate surface area is 129 Å². The van der Waals surface area contributed by atoms with E-state index in [0.29, 0.717) is 6.54 Å². The van der Waals surface area contributed by atoms with Crippen molar-refractivity contribution >= 4 is 11.8 Å². The summed E-state index contributed by atoms with van der Waals surface area (Å²) in [5, 5.41) is 4.08. The average molecular weight is 303 g/mol. The van der Waals surface area contributed by atoms with Gasteiger partial charge < -0.3 is 10.3 Å². The van der Waals surface area contributed by atoms with E-state index in [1.165, 1.54) is 29.7 Å². The number of rotatable bonds is 6. The van der Waals surface area contributed by atoms with Gasteiger partial charge in [0.1, 0.15) is 0 Å². The lowest BCUT2D eigenvalue weighted by Crippen LogP contribution is -2.39. The molecule has 0 aliphatic heterocycles. The van der Waals surface area contributed by atoms with Crippen molar-refractivity contribution in [2.75, 3.05) is 6.54 Å². The molecular weight excluding hydrogens is 282 g/mol. The van der Waals surface area contributed by atoms with Crippen LogP contribution >= 0.6 is 11.8 Å². The largest absolute Gasteiger partial charge is 0.339 e. The van der Waals surface area contributed by atoms with Crippen LogP contribution in [0.2, 0.25) is 0 Å². The van der Waals surface area contributed by atoms with E-state index in [1.807, 2.05) is 0 Å². The predicted molar refractivity (Wildman–Crippen MR) is 84.1 cm³/mol. The second-order valence-electron chi connectivity index (χ2n) is 5.94. The van der Waals surface area contributed by atoms with Gasteiger partial charge >= 0.3 is 0 Å². The number of thioether (sulfide) groups is 1. The molecule has 0 amide bonds. The summed E-state index contributed by atoms with van der Waals surface area (Å²) in [7, 11) is 0. The van der Waals surface area contributed by atoms with E-state index in [-0.39, 0.29) is 5.41 Å². The SMILES string of the molecule is Cc1cccc(SCc2noc(CC3(CN)CCC3)n2)c1. The average Bonchev–Trinajstić information content (AvgIpc) is 2.88. The molecule has 2 N–H and O–H groups in total. The Morgan fingerprint density at radius 2 is 2.24 bits per heavy atom. The number of aryl methyl sites for hydroxylation is 1.